The molecule has 1 amide bonds. The second-order valence-electron chi connectivity index (χ2n) is 5.40. The minimum absolute atomic E-state index is 0.141. The van der Waals surface area contributed by atoms with Crippen molar-refractivity contribution in [3.63, 3.8) is 0 Å². The summed E-state index contributed by atoms with van der Waals surface area (Å²) in [5.41, 5.74) is 1.46. The molecule has 1 aromatic heterocycles. The van der Waals surface area contributed by atoms with Gasteiger partial charge in [-0.2, -0.15) is 0 Å². The predicted molar refractivity (Wildman–Crippen MR) is 74.2 cm³/mol. The van der Waals surface area contributed by atoms with Crippen LogP contribution in [0.15, 0.2) is 18.3 Å². The number of carbonyl (C=O) groups excluding carboxylic acids is 1. The number of nitrogens with zero attached hydrogens (tertiary/aromatic N) is 2. The summed E-state index contributed by atoms with van der Waals surface area (Å²) < 4.78 is 0. The highest BCUT2D eigenvalue weighted by molar-refractivity contribution is 5.92. The van der Waals surface area contributed by atoms with Gasteiger partial charge in [0, 0.05) is 31.5 Å². The normalized spacial score (nSPS) is 29.0. The van der Waals surface area contributed by atoms with Crippen LogP contribution in [0.2, 0.25) is 0 Å². The molecule has 4 heterocycles. The second-order valence-corrected chi connectivity index (χ2v) is 5.40. The summed E-state index contributed by atoms with van der Waals surface area (Å²) in [5.74, 6) is 0.624. The number of nitrogens with one attached hydrogen (secondary N) is 2. The minimum atomic E-state index is -0.141. The lowest BCUT2D eigenvalue weighted by Gasteiger charge is -2.45. The van der Waals surface area contributed by atoms with E-state index in [2.05, 4.69) is 20.5 Å². The Labute approximate surface area is 113 Å². The Hall–Kier alpha value is -1.62. The van der Waals surface area contributed by atoms with E-state index < -0.39 is 0 Å². The summed E-state index contributed by atoms with van der Waals surface area (Å²) in [4.78, 5) is 18.2. The van der Waals surface area contributed by atoms with Gasteiger partial charge in [-0.1, -0.05) is 0 Å². The number of pyridine rings is 1. The molecule has 5 heteroatoms. The standard InChI is InChI=1S/C14H20N4O/c1-15-14(19)12-8-11(2-5-16-12)17-13-9-18-6-3-10(13)4-7-18/h2,5,8,10,13H,3-4,6-7,9H2,1H3,(H,15,19)(H,16,17). The number of hydrogen-bond donors (Lipinski definition) is 2. The Morgan fingerprint density at radius 1 is 1.42 bits per heavy atom. The van der Waals surface area contributed by atoms with Gasteiger partial charge in [-0.3, -0.25) is 9.78 Å². The summed E-state index contributed by atoms with van der Waals surface area (Å²) >= 11 is 0. The maximum atomic E-state index is 11.6. The fourth-order valence-corrected chi connectivity index (χ4v) is 3.12. The van der Waals surface area contributed by atoms with Crippen molar-refractivity contribution in [3.05, 3.63) is 24.0 Å². The van der Waals surface area contributed by atoms with Crippen LogP contribution in [0.4, 0.5) is 5.69 Å². The average molecular weight is 260 g/mol. The molecular weight excluding hydrogens is 240 g/mol. The topological polar surface area (TPSA) is 57.3 Å². The van der Waals surface area contributed by atoms with Gasteiger partial charge in [-0.05, 0) is 44.0 Å². The van der Waals surface area contributed by atoms with E-state index in [1.54, 1.807) is 13.2 Å². The van der Waals surface area contributed by atoms with Crippen LogP contribution >= 0.6 is 0 Å². The van der Waals surface area contributed by atoms with Gasteiger partial charge in [-0.25, -0.2) is 0 Å². The highest BCUT2D eigenvalue weighted by Crippen LogP contribution is 2.29. The Morgan fingerprint density at radius 2 is 2.21 bits per heavy atom. The first-order valence-corrected chi connectivity index (χ1v) is 6.93. The Morgan fingerprint density at radius 3 is 2.84 bits per heavy atom. The van der Waals surface area contributed by atoms with Crippen LogP contribution < -0.4 is 10.6 Å². The molecule has 3 aliphatic heterocycles. The van der Waals surface area contributed by atoms with Gasteiger partial charge in [0.25, 0.3) is 5.91 Å². The molecule has 3 fully saturated rings. The molecule has 4 rings (SSSR count). The number of anilines is 1. The molecule has 1 atom stereocenters. The van der Waals surface area contributed by atoms with Crippen molar-refractivity contribution in [3.8, 4) is 0 Å². The summed E-state index contributed by atoms with van der Waals surface area (Å²) in [6, 6.07) is 4.27. The van der Waals surface area contributed by atoms with Gasteiger partial charge in [0.2, 0.25) is 0 Å². The fraction of sp³-hybridized carbons (Fsp3) is 0.571. The maximum Gasteiger partial charge on any atom is 0.269 e. The molecule has 0 radical (unpaired) electrons. The van der Waals surface area contributed by atoms with Gasteiger partial charge in [-0.15, -0.1) is 0 Å². The first-order valence-electron chi connectivity index (χ1n) is 6.93. The number of rotatable bonds is 3. The van der Waals surface area contributed by atoms with E-state index in [1.807, 2.05) is 12.1 Å². The van der Waals surface area contributed by atoms with Crippen molar-refractivity contribution in [2.75, 3.05) is 32.0 Å². The van der Waals surface area contributed by atoms with Crippen molar-refractivity contribution >= 4 is 11.6 Å². The van der Waals surface area contributed by atoms with Gasteiger partial charge < -0.3 is 15.5 Å². The largest absolute Gasteiger partial charge is 0.381 e. The van der Waals surface area contributed by atoms with Gasteiger partial charge >= 0.3 is 0 Å². The lowest BCUT2D eigenvalue weighted by Crippen LogP contribution is -2.53. The van der Waals surface area contributed by atoms with Crippen LogP contribution in [0.1, 0.15) is 23.3 Å². The van der Waals surface area contributed by atoms with Crippen LogP contribution in [-0.2, 0) is 0 Å². The minimum Gasteiger partial charge on any atom is -0.381 e. The van der Waals surface area contributed by atoms with Crippen molar-refractivity contribution < 1.29 is 4.79 Å². The molecule has 0 saturated carbocycles. The van der Waals surface area contributed by atoms with E-state index in [0.29, 0.717) is 11.7 Å². The monoisotopic (exact) mass is 260 g/mol. The lowest BCUT2D eigenvalue weighted by molar-refractivity contribution is 0.0957. The van der Waals surface area contributed by atoms with Crippen molar-refractivity contribution in [2.45, 2.75) is 18.9 Å². The average Bonchev–Trinajstić information content (AvgIpc) is 2.48. The molecule has 0 aromatic carbocycles. The number of amides is 1. The highest BCUT2D eigenvalue weighted by atomic mass is 16.1. The molecule has 0 aliphatic carbocycles. The van der Waals surface area contributed by atoms with Gasteiger partial charge in [0.15, 0.2) is 0 Å². The Kier molecular flexibility index (Phi) is 3.38. The van der Waals surface area contributed by atoms with E-state index in [-0.39, 0.29) is 5.91 Å². The number of fused-ring (bicyclic) bond motifs is 3. The smallest absolute Gasteiger partial charge is 0.269 e. The number of hydrogen-bond acceptors (Lipinski definition) is 4. The molecule has 102 valence electrons. The van der Waals surface area contributed by atoms with Gasteiger partial charge in [0.1, 0.15) is 5.69 Å². The zero-order chi connectivity index (χ0) is 13.2. The van der Waals surface area contributed by atoms with Crippen molar-refractivity contribution in [2.24, 2.45) is 5.92 Å². The quantitative estimate of drug-likeness (QED) is 0.849. The summed E-state index contributed by atoms with van der Waals surface area (Å²) in [6.07, 6.45) is 4.25. The van der Waals surface area contributed by atoms with Crippen molar-refractivity contribution in [1.82, 2.24) is 15.2 Å². The molecule has 5 nitrogen and oxygen atoms in total. The van der Waals surface area contributed by atoms with E-state index >= 15 is 0 Å². The summed E-state index contributed by atoms with van der Waals surface area (Å²) in [5, 5.41) is 6.17. The molecule has 3 saturated heterocycles. The lowest BCUT2D eigenvalue weighted by atomic mass is 9.84. The van der Waals surface area contributed by atoms with E-state index in [9.17, 15) is 4.79 Å². The molecule has 0 spiro atoms. The zero-order valence-corrected chi connectivity index (χ0v) is 11.2. The third-order valence-corrected chi connectivity index (χ3v) is 4.23. The zero-order valence-electron chi connectivity index (χ0n) is 11.2. The third kappa shape index (κ3) is 2.56. The Balaban J connectivity index is 1.71. The Bertz CT molecular complexity index is 468. The molecule has 1 unspecified atom stereocenters. The third-order valence-electron chi connectivity index (χ3n) is 4.23. The summed E-state index contributed by atoms with van der Waals surface area (Å²) in [6.45, 7) is 3.59. The van der Waals surface area contributed by atoms with E-state index in [4.69, 9.17) is 0 Å². The molecule has 1 aromatic rings. The van der Waals surface area contributed by atoms with Crippen molar-refractivity contribution in [1.29, 1.82) is 0 Å². The van der Waals surface area contributed by atoms with E-state index in [0.717, 1.165) is 18.2 Å². The maximum absolute atomic E-state index is 11.6. The van der Waals surface area contributed by atoms with Crippen LogP contribution in [0.3, 0.4) is 0 Å². The van der Waals surface area contributed by atoms with Crippen LogP contribution in [0, 0.1) is 5.92 Å². The van der Waals surface area contributed by atoms with Crippen LogP contribution in [-0.4, -0.2) is 48.5 Å². The predicted octanol–water partition coefficient (Wildman–Crippen LogP) is 0.947. The number of aromatic nitrogens is 1. The summed E-state index contributed by atoms with van der Waals surface area (Å²) in [7, 11) is 1.62. The second kappa shape index (κ2) is 5.17. The molecule has 3 aliphatic rings. The molecular formula is C14H20N4O. The number of piperidine rings is 3. The molecule has 2 N–H and O–H groups in total. The fourth-order valence-electron chi connectivity index (χ4n) is 3.12. The first-order chi connectivity index (χ1) is 9.26. The SMILES string of the molecule is CNC(=O)c1cc(NC2CN3CCC2CC3)ccn1. The van der Waals surface area contributed by atoms with Crippen LogP contribution in [0.25, 0.3) is 0 Å². The highest BCUT2D eigenvalue weighted by Gasteiger charge is 2.33. The molecule has 2 bridgehead atoms. The van der Waals surface area contributed by atoms with Gasteiger partial charge in [0.05, 0.1) is 0 Å². The van der Waals surface area contributed by atoms with Crippen LogP contribution in [0.5, 0.6) is 0 Å². The van der Waals surface area contributed by atoms with E-state index in [1.165, 1.54) is 25.9 Å². The molecule has 19 heavy (non-hydrogen) atoms. The number of carbonyl (C=O) groups is 1. The first kappa shape index (κ1) is 12.4.